The van der Waals surface area contributed by atoms with Gasteiger partial charge < -0.3 is 11.1 Å². The van der Waals surface area contributed by atoms with Crippen LogP contribution in [0, 0.1) is 0 Å². The molecule has 1 aromatic carbocycles. The van der Waals surface area contributed by atoms with Gasteiger partial charge in [-0.05, 0) is 18.2 Å². The maximum Gasteiger partial charge on any atom is 0.325 e. The monoisotopic (exact) mass is 269 g/mol. The molecule has 6 nitrogen and oxygen atoms in total. The number of urea groups is 1. The van der Waals surface area contributed by atoms with Crippen LogP contribution in [-0.4, -0.2) is 23.7 Å². The van der Waals surface area contributed by atoms with Gasteiger partial charge in [-0.3, -0.25) is 14.9 Å². The minimum atomic E-state index is -0.688. The number of nitrogens with two attached hydrogens (primary N) is 1. The molecular formula is C11H12ClN3O3. The van der Waals surface area contributed by atoms with E-state index in [0.29, 0.717) is 5.69 Å². The van der Waals surface area contributed by atoms with Gasteiger partial charge in [-0.15, -0.1) is 11.6 Å². The highest BCUT2D eigenvalue weighted by Gasteiger charge is 2.08. The van der Waals surface area contributed by atoms with E-state index in [9.17, 15) is 14.4 Å². The van der Waals surface area contributed by atoms with Crippen LogP contribution in [-0.2, 0) is 4.79 Å². The van der Waals surface area contributed by atoms with Gasteiger partial charge in [-0.1, -0.05) is 6.07 Å². The number of imide groups is 1. The molecule has 7 heteroatoms. The van der Waals surface area contributed by atoms with Gasteiger partial charge in [-0.2, -0.15) is 0 Å². The van der Waals surface area contributed by atoms with Gasteiger partial charge in [-0.25, -0.2) is 4.79 Å². The molecule has 0 saturated carbocycles. The van der Waals surface area contributed by atoms with Crippen LogP contribution in [0.5, 0.6) is 0 Å². The second-order valence-electron chi connectivity index (χ2n) is 3.39. The topological polar surface area (TPSA) is 101 Å². The van der Waals surface area contributed by atoms with E-state index in [1.807, 2.05) is 0 Å². The zero-order valence-corrected chi connectivity index (χ0v) is 10.2. The Morgan fingerprint density at radius 2 is 2.00 bits per heavy atom. The predicted octanol–water partition coefficient (Wildman–Crippen LogP) is 1.06. The quantitative estimate of drug-likeness (QED) is 0.712. The number of carbonyl (C=O) groups excluding carboxylic acids is 3. The number of hydrogen-bond acceptors (Lipinski definition) is 3. The van der Waals surface area contributed by atoms with Crippen LogP contribution in [0.2, 0.25) is 0 Å². The first-order chi connectivity index (χ1) is 8.52. The van der Waals surface area contributed by atoms with Crippen molar-refractivity contribution in [1.29, 1.82) is 0 Å². The zero-order chi connectivity index (χ0) is 13.5. The number of carbonyl (C=O) groups is 3. The van der Waals surface area contributed by atoms with Crippen molar-refractivity contribution in [3.8, 4) is 0 Å². The third kappa shape index (κ3) is 4.42. The Morgan fingerprint density at radius 3 is 2.61 bits per heavy atom. The smallest absolute Gasteiger partial charge is 0.325 e. The van der Waals surface area contributed by atoms with Crippen molar-refractivity contribution in [1.82, 2.24) is 5.32 Å². The molecule has 0 bridgehead atoms. The van der Waals surface area contributed by atoms with Gasteiger partial charge >= 0.3 is 6.03 Å². The molecule has 0 heterocycles. The summed E-state index contributed by atoms with van der Waals surface area (Å²) in [5.74, 6) is -0.943. The molecule has 0 atom stereocenters. The van der Waals surface area contributed by atoms with E-state index in [2.05, 4.69) is 10.6 Å². The number of anilines is 1. The zero-order valence-electron chi connectivity index (χ0n) is 9.40. The van der Waals surface area contributed by atoms with Gasteiger partial charge in [0, 0.05) is 23.6 Å². The fourth-order valence-electron chi connectivity index (χ4n) is 1.19. The number of rotatable bonds is 4. The summed E-state index contributed by atoms with van der Waals surface area (Å²) in [6, 6.07) is 5.37. The Morgan fingerprint density at radius 1 is 1.28 bits per heavy atom. The molecule has 0 aliphatic heterocycles. The second-order valence-corrected chi connectivity index (χ2v) is 3.76. The summed E-state index contributed by atoms with van der Waals surface area (Å²) in [7, 11) is 0. The average molecular weight is 270 g/mol. The van der Waals surface area contributed by atoms with Crippen LogP contribution in [0.4, 0.5) is 10.5 Å². The van der Waals surface area contributed by atoms with Gasteiger partial charge in [0.15, 0.2) is 0 Å². The maximum absolute atomic E-state index is 11.4. The lowest BCUT2D eigenvalue weighted by Gasteiger charge is -2.06. The fourth-order valence-corrected chi connectivity index (χ4v) is 1.36. The van der Waals surface area contributed by atoms with Crippen molar-refractivity contribution in [2.45, 2.75) is 6.42 Å². The van der Waals surface area contributed by atoms with E-state index in [1.54, 1.807) is 12.1 Å². The molecule has 18 heavy (non-hydrogen) atoms. The third-order valence-corrected chi connectivity index (χ3v) is 2.17. The van der Waals surface area contributed by atoms with Crippen LogP contribution in [0.25, 0.3) is 0 Å². The molecule has 0 aliphatic carbocycles. The normalized spacial score (nSPS) is 9.61. The maximum atomic E-state index is 11.4. The van der Waals surface area contributed by atoms with Crippen molar-refractivity contribution in [2.75, 3.05) is 11.2 Å². The highest BCUT2D eigenvalue weighted by molar-refractivity contribution is 6.19. The van der Waals surface area contributed by atoms with Gasteiger partial charge in [0.1, 0.15) is 0 Å². The number of benzene rings is 1. The summed E-state index contributed by atoms with van der Waals surface area (Å²) in [6.07, 6.45) is 0.0519. The Hall–Kier alpha value is -2.08. The summed E-state index contributed by atoms with van der Waals surface area (Å²) in [5.41, 5.74) is 5.72. The molecule has 0 radical (unpaired) electrons. The Balaban J connectivity index is 2.62. The van der Waals surface area contributed by atoms with Crippen molar-refractivity contribution >= 4 is 35.1 Å². The number of halogens is 1. The molecule has 4 amide bonds. The number of amides is 4. The fraction of sp³-hybridized carbons (Fsp3) is 0.182. The van der Waals surface area contributed by atoms with E-state index in [4.69, 9.17) is 17.3 Å². The number of hydrogen-bond donors (Lipinski definition) is 3. The van der Waals surface area contributed by atoms with Crippen molar-refractivity contribution in [3.63, 3.8) is 0 Å². The Labute approximate surface area is 108 Å². The van der Waals surface area contributed by atoms with Gasteiger partial charge in [0.25, 0.3) is 0 Å². The molecule has 0 unspecified atom stereocenters. The van der Waals surface area contributed by atoms with Crippen LogP contribution in [0.15, 0.2) is 24.3 Å². The van der Waals surface area contributed by atoms with Crippen LogP contribution in [0.3, 0.4) is 0 Å². The Bertz CT molecular complexity index is 476. The minimum Gasteiger partial charge on any atom is -0.366 e. The molecule has 0 aromatic heterocycles. The first-order valence-electron chi connectivity index (χ1n) is 5.09. The summed E-state index contributed by atoms with van der Waals surface area (Å²) < 4.78 is 0. The summed E-state index contributed by atoms with van der Waals surface area (Å²) >= 11 is 5.35. The van der Waals surface area contributed by atoms with Gasteiger partial charge in [0.05, 0.1) is 0 Å². The lowest BCUT2D eigenvalue weighted by Crippen LogP contribution is -2.34. The third-order valence-electron chi connectivity index (χ3n) is 1.98. The number of nitrogens with one attached hydrogen (secondary N) is 2. The minimum absolute atomic E-state index is 0.0519. The molecule has 0 spiro atoms. The molecule has 1 aromatic rings. The molecule has 0 fully saturated rings. The standard InChI is InChI=1S/C11H12ClN3O3/c12-5-4-9(16)15-11(18)14-8-3-1-2-7(6-8)10(13)17/h1-3,6H,4-5H2,(H2,13,17)(H2,14,15,16,18). The van der Waals surface area contributed by atoms with Gasteiger partial charge in [0.2, 0.25) is 11.8 Å². The van der Waals surface area contributed by atoms with E-state index >= 15 is 0 Å². The van der Waals surface area contributed by atoms with Crippen molar-refractivity contribution in [3.05, 3.63) is 29.8 Å². The second kappa shape index (κ2) is 6.61. The highest BCUT2D eigenvalue weighted by atomic mass is 35.5. The summed E-state index contributed by atoms with van der Waals surface area (Å²) in [6.45, 7) is 0. The van der Waals surface area contributed by atoms with Crippen LogP contribution in [0.1, 0.15) is 16.8 Å². The molecular weight excluding hydrogens is 258 g/mol. The largest absolute Gasteiger partial charge is 0.366 e. The van der Waals surface area contributed by atoms with Crippen LogP contribution < -0.4 is 16.4 Å². The van der Waals surface area contributed by atoms with Crippen LogP contribution >= 0.6 is 11.6 Å². The lowest BCUT2D eigenvalue weighted by molar-refractivity contribution is -0.119. The summed E-state index contributed by atoms with van der Waals surface area (Å²) in [4.78, 5) is 33.4. The first-order valence-corrected chi connectivity index (χ1v) is 5.63. The predicted molar refractivity (Wildman–Crippen MR) is 67.5 cm³/mol. The van der Waals surface area contributed by atoms with E-state index in [-0.39, 0.29) is 17.9 Å². The molecule has 4 N–H and O–H groups in total. The van der Waals surface area contributed by atoms with Crippen molar-refractivity contribution in [2.24, 2.45) is 5.73 Å². The van der Waals surface area contributed by atoms with E-state index < -0.39 is 17.8 Å². The molecule has 0 aliphatic rings. The molecule has 0 saturated heterocycles. The van der Waals surface area contributed by atoms with E-state index in [0.717, 1.165) is 0 Å². The average Bonchev–Trinajstić information content (AvgIpc) is 2.29. The molecule has 1 rings (SSSR count). The summed E-state index contributed by atoms with van der Waals surface area (Å²) in [5, 5.41) is 4.49. The number of primary amides is 1. The van der Waals surface area contributed by atoms with E-state index in [1.165, 1.54) is 12.1 Å². The SMILES string of the molecule is NC(=O)c1cccc(NC(=O)NC(=O)CCCl)c1. The first kappa shape index (κ1) is 14.0. The number of alkyl halides is 1. The molecule has 96 valence electrons. The Kier molecular flexibility index (Phi) is 5.13. The van der Waals surface area contributed by atoms with Crippen molar-refractivity contribution < 1.29 is 14.4 Å². The highest BCUT2D eigenvalue weighted by Crippen LogP contribution is 2.09. The lowest BCUT2D eigenvalue weighted by atomic mass is 10.2.